The van der Waals surface area contributed by atoms with Crippen LogP contribution in [0.1, 0.15) is 49.9 Å². The molecule has 4 aliphatic rings. The van der Waals surface area contributed by atoms with Crippen molar-refractivity contribution in [1.29, 1.82) is 0 Å². The van der Waals surface area contributed by atoms with Gasteiger partial charge in [-0.05, 0) is 50.8 Å². The molecule has 1 aromatic carbocycles. The van der Waals surface area contributed by atoms with Crippen molar-refractivity contribution in [3.63, 3.8) is 0 Å². The van der Waals surface area contributed by atoms with Gasteiger partial charge in [-0.2, -0.15) is 0 Å². The number of nitrogens with zero attached hydrogens (tertiary/aromatic N) is 3. The number of carbonyl (C=O) groups excluding carboxylic acids is 1. The van der Waals surface area contributed by atoms with Gasteiger partial charge in [0, 0.05) is 23.6 Å². The van der Waals surface area contributed by atoms with Crippen LogP contribution >= 0.6 is 0 Å². The highest BCUT2D eigenvalue weighted by Gasteiger charge is 2.74. The highest BCUT2D eigenvalue weighted by Crippen LogP contribution is 2.75. The van der Waals surface area contributed by atoms with Crippen LogP contribution in [-0.2, 0) is 4.79 Å². The summed E-state index contributed by atoms with van der Waals surface area (Å²) in [5, 5.41) is 0. The summed E-state index contributed by atoms with van der Waals surface area (Å²) in [6.45, 7) is 3.99. The van der Waals surface area contributed by atoms with Crippen molar-refractivity contribution >= 4 is 5.91 Å². The molecule has 0 N–H and O–H groups in total. The predicted octanol–water partition coefficient (Wildman–Crippen LogP) is 4.17. The van der Waals surface area contributed by atoms with E-state index in [1.54, 1.807) is 23.1 Å². The largest absolute Gasteiger partial charge is 0.474 e. The minimum Gasteiger partial charge on any atom is -0.474 e. The van der Waals surface area contributed by atoms with Gasteiger partial charge >= 0.3 is 0 Å². The summed E-state index contributed by atoms with van der Waals surface area (Å²) in [7, 11) is 0. The first-order valence-electron chi connectivity index (χ1n) is 10.5. The second kappa shape index (κ2) is 6.72. The molecule has 0 spiro atoms. The standard InChI is InChI=1S/C23H25F2N3O2/c1-14-6-20(27-13-26-14)30-15(2)22-10-23(11-22,12-22)21(29)28-9-18(25)8-19(28)16-4-3-5-17(24)7-16/h3-7,13,15,18-19H,8-12H2,1-2H3. The van der Waals surface area contributed by atoms with Gasteiger partial charge in [0.15, 0.2) is 0 Å². The zero-order valence-corrected chi connectivity index (χ0v) is 17.1. The Hall–Kier alpha value is -2.57. The van der Waals surface area contributed by atoms with Crippen LogP contribution < -0.4 is 4.74 Å². The average molecular weight is 413 g/mol. The van der Waals surface area contributed by atoms with Gasteiger partial charge in [-0.25, -0.2) is 18.7 Å². The Kier molecular flexibility index (Phi) is 4.35. The SMILES string of the molecule is Cc1cc(OC(C)C23CC(C(=O)N4CC(F)CC4c4cccc(F)c4)(C2)C3)ncn1. The first kappa shape index (κ1) is 19.4. The second-order valence-corrected chi connectivity index (χ2v) is 9.29. The molecule has 1 amide bonds. The van der Waals surface area contributed by atoms with Gasteiger partial charge in [-0.3, -0.25) is 4.79 Å². The van der Waals surface area contributed by atoms with E-state index < -0.39 is 17.6 Å². The molecule has 1 aliphatic heterocycles. The molecule has 1 saturated heterocycles. The molecular weight excluding hydrogens is 388 g/mol. The monoisotopic (exact) mass is 413 g/mol. The molecule has 30 heavy (non-hydrogen) atoms. The van der Waals surface area contributed by atoms with Gasteiger partial charge in [0.05, 0.1) is 18.0 Å². The number of aryl methyl sites for hydroxylation is 1. The van der Waals surface area contributed by atoms with Crippen LogP contribution in [0.25, 0.3) is 0 Å². The number of rotatable bonds is 5. The van der Waals surface area contributed by atoms with E-state index in [9.17, 15) is 13.6 Å². The molecule has 2 heterocycles. The molecule has 3 unspecified atom stereocenters. The first-order chi connectivity index (χ1) is 14.3. The van der Waals surface area contributed by atoms with Crippen LogP contribution in [0.3, 0.4) is 0 Å². The lowest BCUT2D eigenvalue weighted by atomic mass is 9.33. The van der Waals surface area contributed by atoms with Gasteiger partial charge in [0.1, 0.15) is 24.4 Å². The lowest BCUT2D eigenvalue weighted by Crippen LogP contribution is -2.72. The predicted molar refractivity (Wildman–Crippen MR) is 106 cm³/mol. The van der Waals surface area contributed by atoms with Crippen LogP contribution in [0, 0.1) is 23.6 Å². The van der Waals surface area contributed by atoms with Gasteiger partial charge in [0.2, 0.25) is 11.8 Å². The average Bonchev–Trinajstić information content (AvgIpc) is 3.01. The Balaban J connectivity index is 1.27. The number of ether oxygens (including phenoxy) is 1. The summed E-state index contributed by atoms with van der Waals surface area (Å²) >= 11 is 0. The molecule has 4 fully saturated rings. The summed E-state index contributed by atoms with van der Waals surface area (Å²) in [6.07, 6.45) is 2.80. The van der Waals surface area contributed by atoms with Crippen LogP contribution in [0.2, 0.25) is 0 Å². The molecule has 5 nitrogen and oxygen atoms in total. The fourth-order valence-electron chi connectivity index (χ4n) is 5.67. The second-order valence-electron chi connectivity index (χ2n) is 9.29. The van der Waals surface area contributed by atoms with Crippen LogP contribution in [0.15, 0.2) is 36.7 Å². The molecule has 1 aromatic heterocycles. The summed E-state index contributed by atoms with van der Waals surface area (Å²) in [6, 6.07) is 7.57. The maximum Gasteiger partial charge on any atom is 0.229 e. The summed E-state index contributed by atoms with van der Waals surface area (Å²) in [5.41, 5.74) is 1.06. The van der Waals surface area contributed by atoms with Crippen LogP contribution in [0.4, 0.5) is 8.78 Å². The maximum atomic E-state index is 14.3. The summed E-state index contributed by atoms with van der Waals surface area (Å²) in [4.78, 5) is 23.3. The Labute approximate surface area is 174 Å². The molecular formula is C23H25F2N3O2. The van der Waals surface area contributed by atoms with Gasteiger partial charge in [0.25, 0.3) is 0 Å². The Morgan fingerprint density at radius 2 is 2.03 bits per heavy atom. The quantitative estimate of drug-likeness (QED) is 0.738. The fourth-order valence-corrected chi connectivity index (χ4v) is 5.67. The third-order valence-electron chi connectivity index (χ3n) is 7.21. The van der Waals surface area contributed by atoms with Crippen molar-refractivity contribution in [1.82, 2.24) is 14.9 Å². The third-order valence-corrected chi connectivity index (χ3v) is 7.21. The van der Waals surface area contributed by atoms with E-state index in [2.05, 4.69) is 9.97 Å². The summed E-state index contributed by atoms with van der Waals surface area (Å²) in [5.74, 6) is 0.188. The van der Waals surface area contributed by atoms with Gasteiger partial charge in [-0.15, -0.1) is 0 Å². The number of hydrogen-bond acceptors (Lipinski definition) is 4. The zero-order valence-electron chi connectivity index (χ0n) is 17.1. The molecule has 7 heteroatoms. The molecule has 3 atom stereocenters. The van der Waals surface area contributed by atoms with E-state index >= 15 is 0 Å². The number of hydrogen-bond donors (Lipinski definition) is 0. The Morgan fingerprint density at radius 3 is 2.73 bits per heavy atom. The third kappa shape index (κ3) is 2.97. The van der Waals surface area contributed by atoms with E-state index in [0.717, 1.165) is 25.0 Å². The first-order valence-corrected chi connectivity index (χ1v) is 10.5. The molecule has 158 valence electrons. The van der Waals surface area contributed by atoms with Crippen molar-refractivity contribution in [3.8, 4) is 5.88 Å². The highest BCUT2D eigenvalue weighted by atomic mass is 19.1. The minimum atomic E-state index is -1.08. The van der Waals surface area contributed by atoms with Crippen molar-refractivity contribution in [3.05, 3.63) is 53.7 Å². The number of alkyl halides is 1. The van der Waals surface area contributed by atoms with Crippen molar-refractivity contribution in [2.75, 3.05) is 6.54 Å². The van der Waals surface area contributed by atoms with E-state index in [1.165, 1.54) is 18.5 Å². The van der Waals surface area contributed by atoms with Gasteiger partial charge < -0.3 is 9.64 Å². The van der Waals surface area contributed by atoms with Crippen molar-refractivity contribution in [2.24, 2.45) is 10.8 Å². The molecule has 2 aromatic rings. The zero-order chi connectivity index (χ0) is 21.1. The number of amides is 1. The number of benzene rings is 1. The number of likely N-dealkylation sites (tertiary alicyclic amines) is 1. The lowest BCUT2D eigenvalue weighted by molar-refractivity contribution is -0.244. The summed E-state index contributed by atoms with van der Waals surface area (Å²) < 4.78 is 34.0. The highest BCUT2D eigenvalue weighted by molar-refractivity contribution is 5.87. The van der Waals surface area contributed by atoms with Gasteiger partial charge in [-0.1, -0.05) is 12.1 Å². The van der Waals surface area contributed by atoms with Crippen molar-refractivity contribution in [2.45, 2.75) is 57.8 Å². The normalized spacial score (nSPS) is 32.9. The number of carbonyl (C=O) groups is 1. The van der Waals surface area contributed by atoms with Crippen molar-refractivity contribution < 1.29 is 18.3 Å². The minimum absolute atomic E-state index is 0.00358. The van der Waals surface area contributed by atoms with E-state index in [4.69, 9.17) is 4.74 Å². The fraction of sp³-hybridized carbons (Fsp3) is 0.522. The van der Waals surface area contributed by atoms with E-state index in [1.807, 2.05) is 13.8 Å². The number of aromatic nitrogens is 2. The number of halogens is 2. The lowest BCUT2D eigenvalue weighted by Gasteiger charge is -2.71. The van der Waals surface area contributed by atoms with Crippen LogP contribution in [-0.4, -0.2) is 39.6 Å². The molecule has 2 bridgehead atoms. The van der Waals surface area contributed by atoms with Crippen LogP contribution in [0.5, 0.6) is 5.88 Å². The smallest absolute Gasteiger partial charge is 0.229 e. The molecule has 6 rings (SSSR count). The molecule has 3 aliphatic carbocycles. The molecule has 3 saturated carbocycles. The Morgan fingerprint density at radius 1 is 1.27 bits per heavy atom. The Bertz CT molecular complexity index is 978. The topological polar surface area (TPSA) is 55.3 Å². The van der Waals surface area contributed by atoms with E-state index in [0.29, 0.717) is 11.4 Å². The maximum absolute atomic E-state index is 14.3. The van der Waals surface area contributed by atoms with E-state index in [-0.39, 0.29) is 36.2 Å². The molecule has 0 radical (unpaired) electrons.